The monoisotopic (exact) mass is 405 g/mol. The van der Waals surface area contributed by atoms with Crippen molar-refractivity contribution in [3.8, 4) is 22.9 Å². The average molecular weight is 406 g/mol. The minimum absolute atomic E-state index is 0.346. The predicted octanol–water partition coefficient (Wildman–Crippen LogP) is 3.58. The number of rotatable bonds is 6. The zero-order chi connectivity index (χ0) is 21.1. The second-order valence-corrected chi connectivity index (χ2v) is 7.50. The molecule has 0 aliphatic carbocycles. The fraction of sp³-hybridized carbons (Fsp3) is 0.348. The van der Waals surface area contributed by atoms with E-state index in [1.807, 2.05) is 31.2 Å². The number of anilines is 2. The number of pyridine rings is 1. The van der Waals surface area contributed by atoms with Gasteiger partial charge in [-0.3, -0.25) is 4.98 Å². The van der Waals surface area contributed by atoms with Gasteiger partial charge in [0.1, 0.15) is 17.3 Å². The molecule has 3 aromatic rings. The second kappa shape index (κ2) is 8.57. The van der Waals surface area contributed by atoms with Crippen molar-refractivity contribution in [2.45, 2.75) is 19.4 Å². The Labute approximate surface area is 177 Å². The lowest BCUT2D eigenvalue weighted by Gasteiger charge is -2.27. The van der Waals surface area contributed by atoms with Gasteiger partial charge in [0.15, 0.2) is 5.82 Å². The topological polar surface area (TPSA) is 63.6 Å². The standard InChI is InChI=1S/C23H27N5O2/c1-16-10-22(26-23(25-16)17-6-5-8-24-14-17)27(2)18-7-9-28(15-18)19-11-20(29-3)13-21(12-19)30-4/h5-6,8,10-14,18H,7,9,15H2,1-4H3. The van der Waals surface area contributed by atoms with Crippen LogP contribution in [0.1, 0.15) is 12.1 Å². The summed E-state index contributed by atoms with van der Waals surface area (Å²) in [6.45, 7) is 3.87. The lowest BCUT2D eigenvalue weighted by atomic mass is 10.2. The minimum Gasteiger partial charge on any atom is -0.497 e. The molecule has 0 N–H and O–H groups in total. The first-order chi connectivity index (χ1) is 14.6. The molecule has 0 bridgehead atoms. The number of hydrogen-bond acceptors (Lipinski definition) is 7. The zero-order valence-corrected chi connectivity index (χ0v) is 17.9. The molecule has 1 unspecified atom stereocenters. The highest BCUT2D eigenvalue weighted by Crippen LogP contribution is 2.32. The molecule has 3 heterocycles. The molecule has 0 amide bonds. The normalized spacial score (nSPS) is 15.9. The SMILES string of the molecule is COc1cc(OC)cc(N2CCC(N(C)c3cc(C)nc(-c4cccnc4)n3)C2)c1. The Hall–Kier alpha value is -3.35. The van der Waals surface area contributed by atoms with Crippen LogP contribution in [0.25, 0.3) is 11.4 Å². The lowest BCUT2D eigenvalue weighted by Crippen LogP contribution is -2.35. The van der Waals surface area contributed by atoms with Crippen molar-refractivity contribution in [1.82, 2.24) is 15.0 Å². The van der Waals surface area contributed by atoms with Crippen LogP contribution in [0.5, 0.6) is 11.5 Å². The van der Waals surface area contributed by atoms with Crippen molar-refractivity contribution < 1.29 is 9.47 Å². The van der Waals surface area contributed by atoms with E-state index in [0.717, 1.165) is 53.8 Å². The van der Waals surface area contributed by atoms with E-state index in [4.69, 9.17) is 14.5 Å². The first-order valence-corrected chi connectivity index (χ1v) is 10.0. The molecule has 0 radical (unpaired) electrons. The summed E-state index contributed by atoms with van der Waals surface area (Å²) < 4.78 is 10.9. The van der Waals surface area contributed by atoms with Crippen LogP contribution in [-0.4, -0.2) is 55.4 Å². The molecule has 1 aliphatic rings. The van der Waals surface area contributed by atoms with Gasteiger partial charge < -0.3 is 19.3 Å². The number of benzene rings is 1. The van der Waals surface area contributed by atoms with Gasteiger partial charge in [-0.05, 0) is 25.5 Å². The summed E-state index contributed by atoms with van der Waals surface area (Å²) in [5, 5.41) is 0. The molecule has 2 aromatic heterocycles. The quantitative estimate of drug-likeness (QED) is 0.621. The number of hydrogen-bond donors (Lipinski definition) is 0. The van der Waals surface area contributed by atoms with Crippen molar-refractivity contribution in [2.75, 3.05) is 44.2 Å². The van der Waals surface area contributed by atoms with Crippen LogP contribution < -0.4 is 19.3 Å². The summed E-state index contributed by atoms with van der Waals surface area (Å²) in [6.07, 6.45) is 4.60. The Balaban J connectivity index is 1.54. The van der Waals surface area contributed by atoms with Gasteiger partial charge in [0.05, 0.1) is 14.2 Å². The molecule has 0 spiro atoms. The van der Waals surface area contributed by atoms with Gasteiger partial charge in [0.2, 0.25) is 0 Å². The third-order valence-electron chi connectivity index (χ3n) is 5.53. The summed E-state index contributed by atoms with van der Waals surface area (Å²) in [7, 11) is 5.46. The van der Waals surface area contributed by atoms with E-state index in [-0.39, 0.29) is 0 Å². The summed E-state index contributed by atoms with van der Waals surface area (Å²) in [4.78, 5) is 18.2. The highest BCUT2D eigenvalue weighted by atomic mass is 16.5. The number of ether oxygens (including phenoxy) is 2. The van der Waals surface area contributed by atoms with Gasteiger partial charge in [-0.25, -0.2) is 9.97 Å². The molecule has 1 fully saturated rings. The van der Waals surface area contributed by atoms with Crippen LogP contribution in [0.15, 0.2) is 48.8 Å². The van der Waals surface area contributed by atoms with Gasteiger partial charge in [-0.2, -0.15) is 0 Å². The summed E-state index contributed by atoms with van der Waals surface area (Å²) >= 11 is 0. The number of methoxy groups -OCH3 is 2. The maximum Gasteiger partial charge on any atom is 0.163 e. The van der Waals surface area contributed by atoms with Crippen molar-refractivity contribution >= 4 is 11.5 Å². The van der Waals surface area contributed by atoms with Crippen LogP contribution in [0, 0.1) is 6.92 Å². The Bertz CT molecular complexity index is 989. The van der Waals surface area contributed by atoms with E-state index in [0.29, 0.717) is 11.9 Å². The number of aromatic nitrogens is 3. The molecule has 0 saturated carbocycles. The van der Waals surface area contributed by atoms with Crippen molar-refractivity contribution in [1.29, 1.82) is 0 Å². The van der Waals surface area contributed by atoms with Gasteiger partial charge in [0.25, 0.3) is 0 Å². The minimum atomic E-state index is 0.346. The Morgan fingerprint density at radius 1 is 1.07 bits per heavy atom. The molecule has 1 atom stereocenters. The molecule has 30 heavy (non-hydrogen) atoms. The highest BCUT2D eigenvalue weighted by Gasteiger charge is 2.28. The van der Waals surface area contributed by atoms with Crippen molar-refractivity contribution in [2.24, 2.45) is 0 Å². The molecular weight excluding hydrogens is 378 g/mol. The van der Waals surface area contributed by atoms with E-state index in [1.54, 1.807) is 26.6 Å². The van der Waals surface area contributed by atoms with Crippen LogP contribution in [0.2, 0.25) is 0 Å². The fourth-order valence-corrected chi connectivity index (χ4v) is 3.81. The molecular formula is C23H27N5O2. The van der Waals surface area contributed by atoms with E-state index in [9.17, 15) is 0 Å². The third-order valence-corrected chi connectivity index (χ3v) is 5.53. The van der Waals surface area contributed by atoms with Crippen LogP contribution >= 0.6 is 0 Å². The van der Waals surface area contributed by atoms with Gasteiger partial charge in [-0.1, -0.05) is 0 Å². The molecule has 156 valence electrons. The largest absolute Gasteiger partial charge is 0.497 e. The molecule has 1 aliphatic heterocycles. The Kier molecular flexibility index (Phi) is 5.70. The maximum absolute atomic E-state index is 5.43. The van der Waals surface area contributed by atoms with Gasteiger partial charge >= 0.3 is 0 Å². The Morgan fingerprint density at radius 3 is 2.50 bits per heavy atom. The van der Waals surface area contributed by atoms with Gasteiger partial charge in [-0.15, -0.1) is 0 Å². The first-order valence-electron chi connectivity index (χ1n) is 10.0. The highest BCUT2D eigenvalue weighted by molar-refractivity contribution is 5.59. The molecule has 1 saturated heterocycles. The van der Waals surface area contributed by atoms with Crippen LogP contribution in [0.3, 0.4) is 0 Å². The molecule has 7 nitrogen and oxygen atoms in total. The van der Waals surface area contributed by atoms with Crippen LogP contribution in [0.4, 0.5) is 11.5 Å². The predicted molar refractivity (Wildman–Crippen MR) is 119 cm³/mol. The molecule has 7 heteroatoms. The maximum atomic E-state index is 5.43. The zero-order valence-electron chi connectivity index (χ0n) is 17.9. The molecule has 1 aromatic carbocycles. The van der Waals surface area contributed by atoms with Gasteiger partial charge in [0, 0.05) is 79.8 Å². The lowest BCUT2D eigenvalue weighted by molar-refractivity contribution is 0.394. The second-order valence-electron chi connectivity index (χ2n) is 7.50. The smallest absolute Gasteiger partial charge is 0.163 e. The van der Waals surface area contributed by atoms with E-state index >= 15 is 0 Å². The van der Waals surface area contributed by atoms with Crippen LogP contribution in [-0.2, 0) is 0 Å². The van der Waals surface area contributed by atoms with Crippen molar-refractivity contribution in [3.05, 3.63) is 54.5 Å². The van der Waals surface area contributed by atoms with E-state index in [1.165, 1.54) is 0 Å². The first kappa shape index (κ1) is 19.9. The third kappa shape index (κ3) is 4.15. The van der Waals surface area contributed by atoms with E-state index < -0.39 is 0 Å². The van der Waals surface area contributed by atoms with E-state index in [2.05, 4.69) is 38.9 Å². The summed E-state index contributed by atoms with van der Waals surface area (Å²) in [5.41, 5.74) is 2.97. The number of aryl methyl sites for hydroxylation is 1. The summed E-state index contributed by atoms with van der Waals surface area (Å²) in [5.74, 6) is 3.23. The summed E-state index contributed by atoms with van der Waals surface area (Å²) in [6, 6.07) is 12.3. The average Bonchev–Trinajstić information content (AvgIpc) is 3.28. The fourth-order valence-electron chi connectivity index (χ4n) is 3.81. The number of nitrogens with zero attached hydrogens (tertiary/aromatic N) is 5. The Morgan fingerprint density at radius 2 is 1.83 bits per heavy atom. The molecule has 4 rings (SSSR count). The number of likely N-dealkylation sites (N-methyl/N-ethyl adjacent to an activating group) is 1. The van der Waals surface area contributed by atoms with Crippen molar-refractivity contribution in [3.63, 3.8) is 0 Å².